The van der Waals surface area contributed by atoms with E-state index in [9.17, 15) is 9.59 Å². The normalized spacial score (nSPS) is 20.1. The monoisotopic (exact) mass is 402 g/mol. The highest BCUT2D eigenvalue weighted by molar-refractivity contribution is 7.11. The maximum Gasteiger partial charge on any atom is 0.384 e. The van der Waals surface area contributed by atoms with E-state index in [0.717, 1.165) is 31.2 Å². The zero-order valence-electron chi connectivity index (χ0n) is 17.7. The molecule has 152 valence electrons. The first kappa shape index (κ1) is 22.2. The predicted octanol–water partition coefficient (Wildman–Crippen LogP) is 5.40. The molecular weight excluding hydrogens is 372 g/mol. The average molecular weight is 403 g/mol. The van der Waals surface area contributed by atoms with Gasteiger partial charge in [-0.15, -0.1) is 11.3 Å². The van der Waals surface area contributed by atoms with E-state index in [2.05, 4.69) is 24.8 Å². The molecule has 5 heteroatoms. The van der Waals surface area contributed by atoms with E-state index < -0.39 is 11.6 Å². The second kappa shape index (κ2) is 9.43. The standard InChI is InChI=1S/C23H30O4S/c1-7-18(21-15(2)19(14-28-21)22(25)26-6)17-11-8-16(9-12-17)10-13-20(24)27-23(3,4)5/h7,14,16-17H,8-9,11-12H2,1-6H3/b18-7+. The molecule has 1 aliphatic carbocycles. The third kappa shape index (κ3) is 5.72. The Kier molecular flexibility index (Phi) is 7.48. The van der Waals surface area contributed by atoms with Crippen LogP contribution >= 0.6 is 11.3 Å². The molecule has 0 radical (unpaired) electrons. The van der Waals surface area contributed by atoms with Gasteiger partial charge in [-0.1, -0.05) is 12.0 Å². The molecule has 2 rings (SSSR count). The Morgan fingerprint density at radius 1 is 1.21 bits per heavy atom. The SMILES string of the molecule is C/C=C(/c1scc(C(=O)OC)c1C)C1CCC(C#CC(=O)OC(C)(C)C)CC1. The molecule has 28 heavy (non-hydrogen) atoms. The Labute approximate surface area is 172 Å². The van der Waals surface area contributed by atoms with E-state index in [1.165, 1.54) is 17.6 Å². The van der Waals surface area contributed by atoms with Gasteiger partial charge in [-0.05, 0) is 77.4 Å². The lowest BCUT2D eigenvalue weighted by Gasteiger charge is -2.28. The maximum absolute atomic E-state index is 11.9. The average Bonchev–Trinajstić information content (AvgIpc) is 3.01. The van der Waals surface area contributed by atoms with Gasteiger partial charge in [-0.3, -0.25) is 0 Å². The molecule has 0 saturated heterocycles. The Bertz CT molecular complexity index is 806. The first-order chi connectivity index (χ1) is 13.2. The van der Waals surface area contributed by atoms with Crippen LogP contribution in [0.4, 0.5) is 0 Å². The Hall–Kier alpha value is -2.06. The molecule has 0 aliphatic heterocycles. The Balaban J connectivity index is 2.02. The molecule has 0 amide bonds. The number of hydrogen-bond acceptors (Lipinski definition) is 5. The number of ether oxygens (including phenoxy) is 2. The van der Waals surface area contributed by atoms with E-state index in [0.29, 0.717) is 11.5 Å². The lowest BCUT2D eigenvalue weighted by atomic mass is 9.77. The summed E-state index contributed by atoms with van der Waals surface area (Å²) in [5.74, 6) is 5.70. The highest BCUT2D eigenvalue weighted by Crippen LogP contribution is 2.41. The van der Waals surface area contributed by atoms with Crippen molar-refractivity contribution in [2.75, 3.05) is 7.11 Å². The number of esters is 2. The highest BCUT2D eigenvalue weighted by Gasteiger charge is 2.26. The zero-order valence-corrected chi connectivity index (χ0v) is 18.5. The molecule has 1 heterocycles. The Morgan fingerprint density at radius 2 is 1.86 bits per heavy atom. The molecule has 1 aromatic heterocycles. The summed E-state index contributed by atoms with van der Waals surface area (Å²) in [6.07, 6.45) is 6.14. The van der Waals surface area contributed by atoms with E-state index in [-0.39, 0.29) is 11.9 Å². The molecule has 0 spiro atoms. The van der Waals surface area contributed by atoms with Crippen molar-refractivity contribution in [3.63, 3.8) is 0 Å². The first-order valence-corrected chi connectivity index (χ1v) is 10.6. The largest absolute Gasteiger partial charge is 0.465 e. The van der Waals surface area contributed by atoms with E-state index in [1.807, 2.05) is 33.1 Å². The second-order valence-corrected chi connectivity index (χ2v) is 9.04. The summed E-state index contributed by atoms with van der Waals surface area (Å²) in [5, 5.41) is 1.89. The van der Waals surface area contributed by atoms with Crippen molar-refractivity contribution in [2.45, 2.75) is 65.9 Å². The summed E-state index contributed by atoms with van der Waals surface area (Å²) in [7, 11) is 1.41. The van der Waals surface area contributed by atoms with Crippen molar-refractivity contribution in [3.05, 3.63) is 27.5 Å². The number of rotatable bonds is 3. The molecule has 0 aromatic carbocycles. The van der Waals surface area contributed by atoms with Crippen molar-refractivity contribution in [2.24, 2.45) is 11.8 Å². The third-order valence-corrected chi connectivity index (χ3v) is 6.09. The number of methoxy groups -OCH3 is 1. The third-order valence-electron chi connectivity index (χ3n) is 4.96. The molecule has 1 fully saturated rings. The van der Waals surface area contributed by atoms with Crippen LogP contribution in [-0.4, -0.2) is 24.6 Å². The predicted molar refractivity (Wildman–Crippen MR) is 113 cm³/mol. The van der Waals surface area contributed by atoms with E-state index in [1.54, 1.807) is 11.3 Å². The van der Waals surface area contributed by atoms with Gasteiger partial charge in [0.2, 0.25) is 0 Å². The molecule has 1 saturated carbocycles. The van der Waals surface area contributed by atoms with Crippen LogP contribution in [0.15, 0.2) is 11.5 Å². The minimum Gasteiger partial charge on any atom is -0.465 e. The quantitative estimate of drug-likeness (QED) is 0.386. The van der Waals surface area contributed by atoms with Gasteiger partial charge in [0.05, 0.1) is 12.7 Å². The van der Waals surface area contributed by atoms with Crippen LogP contribution in [-0.2, 0) is 14.3 Å². The fourth-order valence-electron chi connectivity index (χ4n) is 3.58. The van der Waals surface area contributed by atoms with Crippen molar-refractivity contribution >= 4 is 28.8 Å². The highest BCUT2D eigenvalue weighted by atomic mass is 32.1. The summed E-state index contributed by atoms with van der Waals surface area (Å²) < 4.78 is 10.1. The smallest absolute Gasteiger partial charge is 0.384 e. The van der Waals surface area contributed by atoms with Crippen molar-refractivity contribution in [3.8, 4) is 11.8 Å². The van der Waals surface area contributed by atoms with Crippen LogP contribution in [0.2, 0.25) is 0 Å². The topological polar surface area (TPSA) is 52.6 Å². The lowest BCUT2D eigenvalue weighted by Crippen LogP contribution is -2.23. The van der Waals surface area contributed by atoms with Gasteiger partial charge in [0.15, 0.2) is 0 Å². The minimum absolute atomic E-state index is 0.233. The van der Waals surface area contributed by atoms with E-state index in [4.69, 9.17) is 9.47 Å². The molecule has 4 nitrogen and oxygen atoms in total. The molecule has 0 bridgehead atoms. The van der Waals surface area contributed by atoms with Crippen LogP contribution in [0.1, 0.15) is 74.2 Å². The van der Waals surface area contributed by atoms with Gasteiger partial charge in [0.1, 0.15) is 5.60 Å². The lowest BCUT2D eigenvalue weighted by molar-refractivity contribution is -0.147. The summed E-state index contributed by atoms with van der Waals surface area (Å²) in [4.78, 5) is 24.9. The van der Waals surface area contributed by atoms with Crippen LogP contribution in [0.3, 0.4) is 0 Å². The van der Waals surface area contributed by atoms with Gasteiger partial charge >= 0.3 is 11.9 Å². The second-order valence-electron chi connectivity index (χ2n) is 8.16. The Morgan fingerprint density at radius 3 is 2.39 bits per heavy atom. The summed E-state index contributed by atoms with van der Waals surface area (Å²) in [6, 6.07) is 0. The number of carbonyl (C=O) groups is 2. The van der Waals surface area contributed by atoms with Crippen LogP contribution < -0.4 is 0 Å². The van der Waals surface area contributed by atoms with Gasteiger partial charge in [0, 0.05) is 22.1 Å². The van der Waals surface area contributed by atoms with Crippen LogP contribution in [0.25, 0.3) is 5.57 Å². The summed E-state index contributed by atoms with van der Waals surface area (Å²) in [5.41, 5.74) is 2.44. The van der Waals surface area contributed by atoms with Crippen LogP contribution in [0, 0.1) is 30.6 Å². The molecular formula is C23H30O4S. The van der Waals surface area contributed by atoms with Gasteiger partial charge < -0.3 is 9.47 Å². The van der Waals surface area contributed by atoms with E-state index >= 15 is 0 Å². The number of thiophene rings is 1. The van der Waals surface area contributed by atoms with Crippen molar-refractivity contribution in [1.82, 2.24) is 0 Å². The molecule has 1 aliphatic rings. The molecule has 0 unspecified atom stereocenters. The van der Waals surface area contributed by atoms with Crippen molar-refractivity contribution < 1.29 is 19.1 Å². The summed E-state index contributed by atoms with van der Waals surface area (Å²) >= 11 is 1.61. The fourth-order valence-corrected chi connectivity index (χ4v) is 4.79. The molecule has 0 atom stereocenters. The zero-order chi connectivity index (χ0) is 20.9. The van der Waals surface area contributed by atoms with Gasteiger partial charge in [0.25, 0.3) is 0 Å². The fraction of sp³-hybridized carbons (Fsp3) is 0.565. The summed E-state index contributed by atoms with van der Waals surface area (Å²) in [6.45, 7) is 9.57. The minimum atomic E-state index is -0.508. The van der Waals surface area contributed by atoms with Crippen LogP contribution in [0.5, 0.6) is 0 Å². The van der Waals surface area contributed by atoms with Gasteiger partial charge in [-0.2, -0.15) is 0 Å². The molecule has 0 N–H and O–H groups in total. The maximum atomic E-state index is 11.9. The van der Waals surface area contributed by atoms with Gasteiger partial charge in [-0.25, -0.2) is 9.59 Å². The number of carbonyl (C=O) groups excluding carboxylic acids is 2. The number of allylic oxidation sites excluding steroid dienone is 2. The number of hydrogen-bond donors (Lipinski definition) is 0. The molecule has 1 aromatic rings. The first-order valence-electron chi connectivity index (χ1n) is 9.73. The van der Waals surface area contributed by atoms with Crippen molar-refractivity contribution in [1.29, 1.82) is 0 Å².